The Morgan fingerprint density at radius 3 is 2.53 bits per heavy atom. The van der Waals surface area contributed by atoms with Gasteiger partial charge in [-0.05, 0) is 50.0 Å². The summed E-state index contributed by atoms with van der Waals surface area (Å²) < 4.78 is 2.79. The van der Waals surface area contributed by atoms with Gasteiger partial charge in [-0.25, -0.2) is 0 Å². The number of hydrogen-bond donors (Lipinski definition) is 1. The van der Waals surface area contributed by atoms with Gasteiger partial charge in [0, 0.05) is 24.0 Å². The second kappa shape index (κ2) is 6.10. The molecule has 0 aromatic carbocycles. The molecule has 0 bridgehead atoms. The Bertz CT molecular complexity index is 571. The average Bonchev–Trinajstić information content (AvgIpc) is 2.79. The van der Waals surface area contributed by atoms with Crippen molar-refractivity contribution in [2.24, 2.45) is 5.92 Å². The Morgan fingerprint density at radius 1 is 1.21 bits per heavy atom. The number of hydrogen-bond acceptors (Lipinski definition) is 3. The lowest BCUT2D eigenvalue weighted by molar-refractivity contribution is 0.438. The number of aromatic nitrogens is 4. The molecular formula is C14H20N4S. The first-order valence-electron chi connectivity index (χ1n) is 6.67. The predicted octanol–water partition coefficient (Wildman–Crippen LogP) is 4.00. The minimum absolute atomic E-state index is 0.344. The summed E-state index contributed by atoms with van der Waals surface area (Å²) in [7, 11) is 0. The molecule has 19 heavy (non-hydrogen) atoms. The van der Waals surface area contributed by atoms with Crippen LogP contribution in [0.3, 0.4) is 0 Å². The van der Waals surface area contributed by atoms with Crippen LogP contribution < -0.4 is 0 Å². The van der Waals surface area contributed by atoms with Gasteiger partial charge in [0.25, 0.3) is 0 Å². The van der Waals surface area contributed by atoms with E-state index in [2.05, 4.69) is 40.5 Å². The van der Waals surface area contributed by atoms with Gasteiger partial charge in [0.05, 0.1) is 0 Å². The van der Waals surface area contributed by atoms with Crippen LogP contribution in [0.25, 0.3) is 11.4 Å². The molecule has 0 radical (unpaired) electrons. The summed E-state index contributed by atoms with van der Waals surface area (Å²) in [5.41, 5.74) is 1.04. The number of rotatable bonds is 5. The molecule has 1 unspecified atom stereocenters. The van der Waals surface area contributed by atoms with Crippen LogP contribution in [0.5, 0.6) is 0 Å². The lowest BCUT2D eigenvalue weighted by atomic mass is 10.0. The van der Waals surface area contributed by atoms with Gasteiger partial charge in [0.1, 0.15) is 0 Å². The fourth-order valence-electron chi connectivity index (χ4n) is 2.12. The zero-order valence-electron chi connectivity index (χ0n) is 11.6. The van der Waals surface area contributed by atoms with E-state index in [-0.39, 0.29) is 0 Å². The summed E-state index contributed by atoms with van der Waals surface area (Å²) in [6.07, 6.45) is 5.83. The van der Waals surface area contributed by atoms with Gasteiger partial charge in [-0.3, -0.25) is 14.6 Å². The van der Waals surface area contributed by atoms with E-state index in [1.807, 2.05) is 12.1 Å². The van der Waals surface area contributed by atoms with Crippen molar-refractivity contribution in [2.75, 3.05) is 0 Å². The topological polar surface area (TPSA) is 46.5 Å². The van der Waals surface area contributed by atoms with Crippen LogP contribution in [0, 0.1) is 10.7 Å². The molecule has 2 aromatic heterocycles. The minimum Gasteiger partial charge on any atom is -0.297 e. The molecule has 0 aliphatic carbocycles. The number of H-pyrrole nitrogens is 1. The van der Waals surface area contributed by atoms with E-state index < -0.39 is 0 Å². The highest BCUT2D eigenvalue weighted by Crippen LogP contribution is 2.24. The maximum atomic E-state index is 5.36. The van der Waals surface area contributed by atoms with Crippen molar-refractivity contribution in [2.45, 2.75) is 39.7 Å². The first-order valence-corrected chi connectivity index (χ1v) is 7.07. The number of nitrogens with one attached hydrogen (secondary N) is 1. The molecule has 4 nitrogen and oxygen atoms in total. The summed E-state index contributed by atoms with van der Waals surface area (Å²) in [5.74, 6) is 1.59. The van der Waals surface area contributed by atoms with Gasteiger partial charge < -0.3 is 0 Å². The fourth-order valence-corrected chi connectivity index (χ4v) is 2.43. The predicted molar refractivity (Wildman–Crippen MR) is 79.4 cm³/mol. The van der Waals surface area contributed by atoms with Crippen LogP contribution in [0.15, 0.2) is 24.5 Å². The van der Waals surface area contributed by atoms with Crippen LogP contribution in [0.4, 0.5) is 0 Å². The van der Waals surface area contributed by atoms with Gasteiger partial charge in [-0.2, -0.15) is 5.10 Å². The summed E-state index contributed by atoms with van der Waals surface area (Å²) in [6.45, 7) is 6.68. The van der Waals surface area contributed by atoms with Gasteiger partial charge in [-0.1, -0.05) is 13.8 Å². The van der Waals surface area contributed by atoms with Crippen LogP contribution in [-0.2, 0) is 0 Å². The SMILES string of the molecule is CC(C)CCC(C)n1c(-c2ccncc2)n[nH]c1=S. The van der Waals surface area contributed by atoms with Crippen LogP contribution in [-0.4, -0.2) is 19.7 Å². The van der Waals surface area contributed by atoms with Crippen molar-refractivity contribution in [3.8, 4) is 11.4 Å². The zero-order chi connectivity index (χ0) is 13.8. The zero-order valence-corrected chi connectivity index (χ0v) is 12.4. The van der Waals surface area contributed by atoms with Crippen molar-refractivity contribution < 1.29 is 0 Å². The van der Waals surface area contributed by atoms with Crippen molar-refractivity contribution in [1.82, 2.24) is 19.7 Å². The van der Waals surface area contributed by atoms with E-state index in [1.54, 1.807) is 12.4 Å². The highest BCUT2D eigenvalue weighted by Gasteiger charge is 2.14. The lowest BCUT2D eigenvalue weighted by Crippen LogP contribution is -2.08. The highest BCUT2D eigenvalue weighted by atomic mass is 32.1. The number of aromatic amines is 1. The molecule has 2 aromatic rings. The summed E-state index contributed by atoms with van der Waals surface area (Å²) >= 11 is 5.36. The molecule has 0 saturated carbocycles. The van der Waals surface area contributed by atoms with Crippen molar-refractivity contribution >= 4 is 12.2 Å². The van der Waals surface area contributed by atoms with Gasteiger partial charge in [-0.15, -0.1) is 0 Å². The second-order valence-corrected chi connectivity index (χ2v) is 5.67. The van der Waals surface area contributed by atoms with E-state index in [0.717, 1.165) is 17.8 Å². The van der Waals surface area contributed by atoms with E-state index in [9.17, 15) is 0 Å². The molecule has 0 aliphatic rings. The quantitative estimate of drug-likeness (QED) is 0.840. The first-order chi connectivity index (χ1) is 9.09. The summed E-state index contributed by atoms with van der Waals surface area (Å²) in [4.78, 5) is 4.04. The molecule has 1 atom stereocenters. The molecule has 0 saturated heterocycles. The van der Waals surface area contributed by atoms with Gasteiger partial charge in [0.2, 0.25) is 0 Å². The molecule has 0 spiro atoms. The largest absolute Gasteiger partial charge is 0.297 e. The van der Waals surface area contributed by atoms with Crippen LogP contribution >= 0.6 is 12.2 Å². The van der Waals surface area contributed by atoms with Crippen molar-refractivity contribution in [3.63, 3.8) is 0 Å². The Morgan fingerprint density at radius 2 is 1.89 bits per heavy atom. The average molecular weight is 276 g/mol. The van der Waals surface area contributed by atoms with Crippen LogP contribution in [0.2, 0.25) is 0 Å². The molecular weight excluding hydrogens is 256 g/mol. The Kier molecular flexibility index (Phi) is 4.47. The monoisotopic (exact) mass is 276 g/mol. The molecule has 0 fully saturated rings. The fraction of sp³-hybridized carbons (Fsp3) is 0.500. The molecule has 1 N–H and O–H groups in total. The van der Waals surface area contributed by atoms with Crippen molar-refractivity contribution in [3.05, 3.63) is 29.3 Å². The molecule has 2 rings (SSSR count). The Labute approximate surface area is 118 Å². The number of nitrogens with zero attached hydrogens (tertiary/aromatic N) is 3. The molecule has 0 amide bonds. The number of pyridine rings is 1. The summed E-state index contributed by atoms with van der Waals surface area (Å²) in [6, 6.07) is 4.25. The van der Waals surface area contributed by atoms with E-state index in [4.69, 9.17) is 12.2 Å². The summed E-state index contributed by atoms with van der Waals surface area (Å²) in [5, 5.41) is 7.25. The lowest BCUT2D eigenvalue weighted by Gasteiger charge is -2.16. The standard InChI is InChI=1S/C14H20N4S/c1-10(2)4-5-11(3)18-13(16-17-14(18)19)12-6-8-15-9-7-12/h6-11H,4-5H2,1-3H3,(H,17,19). The normalized spacial score (nSPS) is 12.8. The second-order valence-electron chi connectivity index (χ2n) is 5.28. The first kappa shape index (κ1) is 13.9. The van der Waals surface area contributed by atoms with E-state index in [0.29, 0.717) is 16.7 Å². The van der Waals surface area contributed by atoms with E-state index >= 15 is 0 Å². The minimum atomic E-state index is 0.344. The van der Waals surface area contributed by atoms with Crippen LogP contribution in [0.1, 0.15) is 39.7 Å². The maximum absolute atomic E-state index is 5.36. The third kappa shape index (κ3) is 3.29. The van der Waals surface area contributed by atoms with Crippen molar-refractivity contribution in [1.29, 1.82) is 0 Å². The van der Waals surface area contributed by atoms with Gasteiger partial charge in [0.15, 0.2) is 10.6 Å². The molecule has 5 heteroatoms. The third-order valence-corrected chi connectivity index (χ3v) is 3.53. The Hall–Kier alpha value is -1.49. The van der Waals surface area contributed by atoms with E-state index in [1.165, 1.54) is 6.42 Å². The van der Waals surface area contributed by atoms with Gasteiger partial charge >= 0.3 is 0 Å². The third-order valence-electron chi connectivity index (χ3n) is 3.25. The highest BCUT2D eigenvalue weighted by molar-refractivity contribution is 7.71. The molecule has 0 aliphatic heterocycles. The Balaban J connectivity index is 2.30. The molecule has 102 valence electrons. The smallest absolute Gasteiger partial charge is 0.195 e. The maximum Gasteiger partial charge on any atom is 0.195 e. The molecule has 2 heterocycles.